The Balaban J connectivity index is 2.11. The lowest BCUT2D eigenvalue weighted by Crippen LogP contribution is -2.21. The molecule has 0 saturated heterocycles. The molecule has 112 valence electrons. The van der Waals surface area contributed by atoms with E-state index in [9.17, 15) is 15.0 Å². The Bertz CT molecular complexity index is 388. The predicted molar refractivity (Wildman–Crippen MR) is 75.9 cm³/mol. The van der Waals surface area contributed by atoms with Crippen LogP contribution in [0.4, 0.5) is 0 Å². The molecule has 1 aliphatic heterocycles. The minimum atomic E-state index is -0.717. The fourth-order valence-corrected chi connectivity index (χ4v) is 3.10. The van der Waals surface area contributed by atoms with E-state index in [2.05, 4.69) is 12.2 Å². The number of aliphatic hydroxyl groups excluding tert-OH is 2. The first kappa shape index (κ1) is 15.3. The molecule has 4 nitrogen and oxygen atoms in total. The fraction of sp³-hybridized carbons (Fsp3) is 0.688. The molecule has 0 aromatic carbocycles. The lowest BCUT2D eigenvalue weighted by atomic mass is 9.90. The van der Waals surface area contributed by atoms with E-state index in [-0.39, 0.29) is 24.0 Å². The van der Waals surface area contributed by atoms with Crippen LogP contribution in [0.2, 0.25) is 0 Å². The Labute approximate surface area is 120 Å². The molecule has 4 heteroatoms. The lowest BCUT2D eigenvalue weighted by molar-refractivity contribution is -0.142. The van der Waals surface area contributed by atoms with Crippen LogP contribution in [0.15, 0.2) is 24.3 Å². The number of carbonyl (C=O) groups excluding carboxylic acids is 1. The molecule has 5 atom stereocenters. The molecule has 0 spiro atoms. The van der Waals surface area contributed by atoms with Crippen molar-refractivity contribution in [3.63, 3.8) is 0 Å². The summed E-state index contributed by atoms with van der Waals surface area (Å²) in [5.74, 6) is -0.249. The number of esters is 1. The summed E-state index contributed by atoms with van der Waals surface area (Å²) in [7, 11) is 0. The Morgan fingerprint density at radius 3 is 2.85 bits per heavy atom. The van der Waals surface area contributed by atoms with Gasteiger partial charge >= 0.3 is 5.97 Å². The molecule has 1 aliphatic carbocycles. The summed E-state index contributed by atoms with van der Waals surface area (Å²) in [5, 5.41) is 20.0. The van der Waals surface area contributed by atoms with Crippen LogP contribution in [0.5, 0.6) is 0 Å². The number of allylic oxidation sites excluding steroid dienone is 2. The van der Waals surface area contributed by atoms with Crippen molar-refractivity contribution in [1.82, 2.24) is 0 Å². The highest BCUT2D eigenvalue weighted by Crippen LogP contribution is 2.36. The molecule has 1 heterocycles. The molecule has 0 amide bonds. The standard InChI is InChI=1S/C16H24O4/c1-11-5-3-2-4-6-12-9-13(17)10-14(12)15(18)7-8-16(19)20-11/h4,6-8,11-15,17-18H,2-3,5,9-10H2,1H3/b6-4+,8-7-/t11-,12?,13+,14?,15+/m1/s1. The number of carbonyl (C=O) groups is 1. The SMILES string of the molecule is C[C@@H]1CCC/C=C/C2C[C@H](O)CC2[C@@H](O)/C=C\C(=O)O1. The van der Waals surface area contributed by atoms with Crippen LogP contribution in [0, 0.1) is 11.8 Å². The number of cyclic esters (lactones) is 1. The number of hydrogen-bond acceptors (Lipinski definition) is 4. The maximum absolute atomic E-state index is 11.6. The number of rotatable bonds is 0. The minimum absolute atomic E-state index is 0.0246. The zero-order chi connectivity index (χ0) is 14.5. The normalized spacial score (nSPS) is 42.5. The monoisotopic (exact) mass is 280 g/mol. The highest BCUT2D eigenvalue weighted by atomic mass is 16.5. The lowest BCUT2D eigenvalue weighted by Gasteiger charge is -2.19. The molecule has 1 saturated carbocycles. The maximum atomic E-state index is 11.6. The smallest absolute Gasteiger partial charge is 0.330 e. The van der Waals surface area contributed by atoms with Gasteiger partial charge in [0, 0.05) is 6.08 Å². The molecule has 1 fully saturated rings. The average molecular weight is 280 g/mol. The summed E-state index contributed by atoms with van der Waals surface area (Å²) < 4.78 is 5.23. The van der Waals surface area contributed by atoms with Gasteiger partial charge in [-0.15, -0.1) is 0 Å². The summed E-state index contributed by atoms with van der Waals surface area (Å²) in [6.45, 7) is 1.89. The largest absolute Gasteiger partial charge is 0.460 e. The van der Waals surface area contributed by atoms with Crippen molar-refractivity contribution in [2.45, 2.75) is 57.3 Å². The molecule has 2 rings (SSSR count). The first-order valence-electron chi connectivity index (χ1n) is 7.48. The molecule has 0 radical (unpaired) electrons. The molecule has 2 N–H and O–H groups in total. The number of ether oxygens (including phenoxy) is 1. The Morgan fingerprint density at radius 1 is 1.25 bits per heavy atom. The van der Waals surface area contributed by atoms with Gasteiger partial charge in [0.15, 0.2) is 0 Å². The van der Waals surface area contributed by atoms with Crippen LogP contribution < -0.4 is 0 Å². The van der Waals surface area contributed by atoms with E-state index in [0.29, 0.717) is 12.8 Å². The highest BCUT2D eigenvalue weighted by Gasteiger charge is 2.35. The average Bonchev–Trinajstić information content (AvgIpc) is 2.76. The summed E-state index contributed by atoms with van der Waals surface area (Å²) in [6.07, 6.45) is 9.87. The second-order valence-electron chi connectivity index (χ2n) is 5.91. The van der Waals surface area contributed by atoms with E-state index in [4.69, 9.17) is 4.74 Å². The molecule has 0 aromatic rings. The molecular formula is C16H24O4. The van der Waals surface area contributed by atoms with Gasteiger partial charge < -0.3 is 14.9 Å². The summed E-state index contributed by atoms with van der Waals surface area (Å²) >= 11 is 0. The van der Waals surface area contributed by atoms with E-state index in [1.54, 1.807) is 0 Å². The first-order valence-corrected chi connectivity index (χ1v) is 7.48. The topological polar surface area (TPSA) is 66.8 Å². The third-order valence-corrected chi connectivity index (χ3v) is 4.19. The summed E-state index contributed by atoms with van der Waals surface area (Å²) in [6, 6.07) is 0. The Kier molecular flexibility index (Phi) is 5.38. The van der Waals surface area contributed by atoms with Crippen molar-refractivity contribution in [1.29, 1.82) is 0 Å². The van der Waals surface area contributed by atoms with Gasteiger partial charge in [0.05, 0.1) is 18.3 Å². The Morgan fingerprint density at radius 2 is 2.05 bits per heavy atom. The second kappa shape index (κ2) is 7.04. The van der Waals surface area contributed by atoms with Gasteiger partial charge in [0.2, 0.25) is 0 Å². The molecule has 2 unspecified atom stereocenters. The van der Waals surface area contributed by atoms with E-state index in [1.807, 2.05) is 6.92 Å². The predicted octanol–water partition coefficient (Wildman–Crippen LogP) is 1.96. The van der Waals surface area contributed by atoms with E-state index >= 15 is 0 Å². The van der Waals surface area contributed by atoms with Gasteiger partial charge in [0.1, 0.15) is 0 Å². The van der Waals surface area contributed by atoms with Gasteiger partial charge in [-0.25, -0.2) is 4.79 Å². The molecular weight excluding hydrogens is 256 g/mol. The summed E-state index contributed by atoms with van der Waals surface area (Å²) in [4.78, 5) is 11.6. The van der Waals surface area contributed by atoms with Crippen molar-refractivity contribution < 1.29 is 19.7 Å². The van der Waals surface area contributed by atoms with Crippen LogP contribution >= 0.6 is 0 Å². The van der Waals surface area contributed by atoms with Crippen molar-refractivity contribution in [3.8, 4) is 0 Å². The fourth-order valence-electron chi connectivity index (χ4n) is 3.10. The third-order valence-electron chi connectivity index (χ3n) is 4.19. The van der Waals surface area contributed by atoms with E-state index < -0.39 is 12.1 Å². The molecule has 2 aliphatic rings. The highest BCUT2D eigenvalue weighted by molar-refractivity contribution is 5.82. The number of aliphatic hydroxyl groups is 2. The van der Waals surface area contributed by atoms with Gasteiger partial charge in [0.25, 0.3) is 0 Å². The molecule has 0 aromatic heterocycles. The van der Waals surface area contributed by atoms with Crippen molar-refractivity contribution >= 4 is 5.97 Å². The van der Waals surface area contributed by atoms with Gasteiger partial charge in [-0.05, 0) is 56.9 Å². The quantitative estimate of drug-likeness (QED) is 0.526. The van der Waals surface area contributed by atoms with Crippen LogP contribution in [-0.2, 0) is 9.53 Å². The third kappa shape index (κ3) is 4.18. The Hall–Kier alpha value is -1.13. The first-order chi connectivity index (χ1) is 9.56. The van der Waals surface area contributed by atoms with Crippen LogP contribution in [-0.4, -0.2) is 34.5 Å². The maximum Gasteiger partial charge on any atom is 0.330 e. The van der Waals surface area contributed by atoms with Crippen molar-refractivity contribution in [2.24, 2.45) is 11.8 Å². The molecule has 0 bridgehead atoms. The zero-order valence-corrected chi connectivity index (χ0v) is 11.9. The van der Waals surface area contributed by atoms with Gasteiger partial charge in [-0.2, -0.15) is 0 Å². The number of fused-ring (bicyclic) bond motifs is 1. The van der Waals surface area contributed by atoms with Gasteiger partial charge in [-0.1, -0.05) is 12.2 Å². The van der Waals surface area contributed by atoms with Crippen LogP contribution in [0.25, 0.3) is 0 Å². The van der Waals surface area contributed by atoms with Crippen molar-refractivity contribution in [3.05, 3.63) is 24.3 Å². The van der Waals surface area contributed by atoms with E-state index in [0.717, 1.165) is 19.3 Å². The second-order valence-corrected chi connectivity index (χ2v) is 5.91. The van der Waals surface area contributed by atoms with E-state index in [1.165, 1.54) is 12.2 Å². The van der Waals surface area contributed by atoms with Crippen LogP contribution in [0.3, 0.4) is 0 Å². The van der Waals surface area contributed by atoms with Gasteiger partial charge in [-0.3, -0.25) is 0 Å². The zero-order valence-electron chi connectivity index (χ0n) is 11.9. The summed E-state index contributed by atoms with van der Waals surface area (Å²) in [5.41, 5.74) is 0. The van der Waals surface area contributed by atoms with Crippen LogP contribution in [0.1, 0.15) is 39.0 Å². The number of hydrogen-bond donors (Lipinski definition) is 2. The molecule has 20 heavy (non-hydrogen) atoms. The van der Waals surface area contributed by atoms with Crippen molar-refractivity contribution in [2.75, 3.05) is 0 Å². The minimum Gasteiger partial charge on any atom is -0.460 e.